The second-order valence-corrected chi connectivity index (χ2v) is 20.2. The lowest BCUT2D eigenvalue weighted by Gasteiger charge is -2.32. The first-order valence-electron chi connectivity index (χ1n) is 28.3. The highest BCUT2D eigenvalue weighted by atomic mass is 35.5. The topological polar surface area (TPSA) is 339 Å². The van der Waals surface area contributed by atoms with Crippen LogP contribution in [0.3, 0.4) is 0 Å². The Kier molecular flexibility index (Phi) is 24.8. The molecule has 0 saturated carbocycles. The number of ether oxygens (including phenoxy) is 15. The molecule has 0 fully saturated rings. The van der Waals surface area contributed by atoms with Gasteiger partial charge in [-0.3, -0.25) is 0 Å². The molecular weight excluding hydrogens is 1270 g/mol. The number of aliphatic hydroxyl groups is 2. The number of benzene rings is 8. The van der Waals surface area contributed by atoms with E-state index in [2.05, 4.69) is 25.8 Å². The van der Waals surface area contributed by atoms with E-state index in [0.29, 0.717) is 16.7 Å². The normalized spacial score (nSPS) is 14.6. The number of aromatic hydroxyl groups is 2. The van der Waals surface area contributed by atoms with E-state index in [1.165, 1.54) is 61.7 Å². The number of carbonyl (C=O) groups excluding carboxylic acids is 7. The van der Waals surface area contributed by atoms with Crippen LogP contribution < -0.4 is 37.9 Å². The number of rotatable bonds is 16. The molecule has 27 heteroatoms. The third-order valence-corrected chi connectivity index (χ3v) is 13.6. The summed E-state index contributed by atoms with van der Waals surface area (Å²) in [6.45, 7) is -0.253. The van der Waals surface area contributed by atoms with Crippen LogP contribution >= 0.6 is 11.6 Å². The molecule has 2 aliphatic heterocycles. The van der Waals surface area contributed by atoms with Crippen molar-refractivity contribution in [3.63, 3.8) is 0 Å². The fourth-order valence-corrected chi connectivity index (χ4v) is 8.97. The molecule has 0 radical (unpaired) electrons. The molecule has 2 heterocycles. The minimum Gasteiger partial charge on any atom is -0.508 e. The largest absolute Gasteiger partial charge is 0.514 e. The molecule has 0 bridgehead atoms. The van der Waals surface area contributed by atoms with Crippen molar-refractivity contribution in [2.45, 2.75) is 63.7 Å². The molecule has 26 nitrogen and oxygen atoms in total. The fourth-order valence-electron chi connectivity index (χ4n) is 8.97. The quantitative estimate of drug-likeness (QED) is 0.0302. The third-order valence-electron chi connectivity index (χ3n) is 13.4. The highest BCUT2D eigenvalue weighted by Gasteiger charge is 2.36. The number of aliphatic hydroxyl groups excluding tert-OH is 2. The van der Waals surface area contributed by atoms with E-state index in [1.807, 2.05) is 24.3 Å². The molecule has 494 valence electrons. The standard InChI is InChI=1S/C35H30O14.C31H26O10.C2H3ClO2/c1-41-32(37)45-24-16-28-25(29(17-24)48-33(38)42-2)18-26(36)31(46-28)23-13-14-27(47-34(39)43-19-21-9-5-3-6-10-21)30(15-23)49-35(40)44-20-22-11-7-4-8-12-22;32-22-14-24(33)23-16-25(34)29(39-27(23)15-22)21-11-12-26(40-30(35)37-17-19-7-3-1-4-8-19)28(13-21)41-31(36)38-18-20-9-5-2-6-10-20;1-5-2(3)4/h3-17,26,31,36H,18-20H2,1-2H3;1-15,25,29,32-34H,16-18H2;1H3/t26-,31-;25-,29-;/m11./s1. The Labute approximate surface area is 545 Å². The number of fused-ring (bicyclic) bond motifs is 2. The predicted molar refractivity (Wildman–Crippen MR) is 329 cm³/mol. The van der Waals surface area contributed by atoms with Gasteiger partial charge >= 0.3 is 42.4 Å². The van der Waals surface area contributed by atoms with E-state index in [0.717, 1.165) is 37.0 Å². The Morgan fingerprint density at radius 2 is 0.747 bits per heavy atom. The number of carbonyl (C=O) groups is 7. The molecule has 95 heavy (non-hydrogen) atoms. The van der Waals surface area contributed by atoms with Crippen LogP contribution in [0, 0.1) is 0 Å². The summed E-state index contributed by atoms with van der Waals surface area (Å²) in [5, 5.41) is 42.0. The Balaban J connectivity index is 0.000000230. The predicted octanol–water partition coefficient (Wildman–Crippen LogP) is 13.0. The summed E-state index contributed by atoms with van der Waals surface area (Å²) in [5.74, 6) is -1.08. The van der Waals surface area contributed by atoms with E-state index in [9.17, 15) is 54.0 Å². The van der Waals surface area contributed by atoms with Crippen molar-refractivity contribution in [1.82, 2.24) is 0 Å². The molecule has 0 spiro atoms. The van der Waals surface area contributed by atoms with Crippen molar-refractivity contribution >= 4 is 54.0 Å². The first-order chi connectivity index (χ1) is 45.8. The van der Waals surface area contributed by atoms with Crippen molar-refractivity contribution in [2.24, 2.45) is 0 Å². The van der Waals surface area contributed by atoms with Crippen molar-refractivity contribution in [3.8, 4) is 57.5 Å². The van der Waals surface area contributed by atoms with Gasteiger partial charge in [-0.2, -0.15) is 0 Å². The Hall–Kier alpha value is -11.7. The number of halogens is 1. The molecule has 0 saturated heterocycles. The molecule has 0 unspecified atom stereocenters. The highest BCUT2D eigenvalue weighted by molar-refractivity contribution is 6.61. The smallest absolute Gasteiger partial charge is 0.508 e. The number of phenols is 2. The van der Waals surface area contributed by atoms with E-state index in [1.54, 1.807) is 97.1 Å². The van der Waals surface area contributed by atoms with Gasteiger partial charge < -0.3 is 91.5 Å². The summed E-state index contributed by atoms with van der Waals surface area (Å²) < 4.78 is 77.7. The van der Waals surface area contributed by atoms with Crippen LogP contribution in [-0.4, -0.2) is 96.3 Å². The molecule has 10 rings (SSSR count). The lowest BCUT2D eigenvalue weighted by molar-refractivity contribution is 0.0192. The van der Waals surface area contributed by atoms with Crippen LogP contribution in [0.15, 0.2) is 182 Å². The van der Waals surface area contributed by atoms with Crippen LogP contribution in [0.4, 0.5) is 33.6 Å². The van der Waals surface area contributed by atoms with Gasteiger partial charge in [0, 0.05) is 59.8 Å². The SMILES string of the molecule is COC(=O)Cl.COC(=O)Oc1cc(OC(=O)OC)c2c(c1)O[C@H](c1ccc(OC(=O)OCc3ccccc3)c(OC(=O)OCc3ccccc3)c1)[C@H](O)C2.O=C(OCc1ccccc1)Oc1ccc([C@H]2Oc3cc(O)cc(O)c3C[C@H]2O)cc1OC(=O)OCc1ccccc1. The van der Waals surface area contributed by atoms with Gasteiger partial charge in [-0.15, -0.1) is 0 Å². The molecular formula is C68H59ClO26. The summed E-state index contributed by atoms with van der Waals surface area (Å²) >= 11 is 4.60. The zero-order chi connectivity index (χ0) is 67.8. The van der Waals surface area contributed by atoms with Crippen LogP contribution in [0.2, 0.25) is 0 Å². The maximum atomic E-state index is 12.8. The first kappa shape index (κ1) is 69.2. The zero-order valence-corrected chi connectivity index (χ0v) is 51.3. The molecule has 4 N–H and O–H groups in total. The molecule has 0 aromatic heterocycles. The van der Waals surface area contributed by atoms with Crippen molar-refractivity contribution in [2.75, 3.05) is 21.3 Å². The van der Waals surface area contributed by atoms with Gasteiger partial charge in [-0.05, 0) is 57.6 Å². The maximum absolute atomic E-state index is 12.8. The minimum atomic E-state index is -1.24. The van der Waals surface area contributed by atoms with Gasteiger partial charge in [0.25, 0.3) is 0 Å². The summed E-state index contributed by atoms with van der Waals surface area (Å²) in [6.07, 6.45) is -10.8. The van der Waals surface area contributed by atoms with Gasteiger partial charge in [0.1, 0.15) is 73.1 Å². The number of hydrogen-bond acceptors (Lipinski definition) is 26. The lowest BCUT2D eigenvalue weighted by Crippen LogP contribution is -2.31. The zero-order valence-electron chi connectivity index (χ0n) is 50.5. The lowest BCUT2D eigenvalue weighted by atomic mass is 9.94. The van der Waals surface area contributed by atoms with E-state index in [4.69, 9.17) is 56.8 Å². The summed E-state index contributed by atoms with van der Waals surface area (Å²) in [7, 11) is 3.44. The Morgan fingerprint density at radius 1 is 0.400 bits per heavy atom. The molecule has 2 aliphatic rings. The Bertz CT molecular complexity index is 3950. The first-order valence-corrected chi connectivity index (χ1v) is 28.7. The van der Waals surface area contributed by atoms with Crippen molar-refractivity contribution in [3.05, 3.63) is 226 Å². The summed E-state index contributed by atoms with van der Waals surface area (Å²) in [6, 6.07) is 49.2. The van der Waals surface area contributed by atoms with Gasteiger partial charge in [-0.25, -0.2) is 33.6 Å². The molecule has 8 aromatic carbocycles. The number of phenolic OH excluding ortho intramolecular Hbond substituents is 2. The van der Waals surface area contributed by atoms with Gasteiger partial charge in [-0.1, -0.05) is 133 Å². The van der Waals surface area contributed by atoms with Gasteiger partial charge in [0.2, 0.25) is 0 Å². The number of methoxy groups -OCH3 is 3. The van der Waals surface area contributed by atoms with E-state index < -0.39 is 66.8 Å². The maximum Gasteiger partial charge on any atom is 0.514 e. The second-order valence-electron chi connectivity index (χ2n) is 19.9. The highest BCUT2D eigenvalue weighted by Crippen LogP contribution is 2.46. The average Bonchev–Trinajstić information content (AvgIpc) is 0.789. The molecule has 4 atom stereocenters. The fraction of sp³-hybridized carbons (Fsp3) is 0.191. The molecule has 8 aromatic rings. The summed E-state index contributed by atoms with van der Waals surface area (Å²) in [5.41, 5.74) is 3.40. The van der Waals surface area contributed by atoms with Crippen LogP contribution in [0.1, 0.15) is 56.7 Å². The average molecular weight is 1330 g/mol. The van der Waals surface area contributed by atoms with Crippen LogP contribution in [-0.2, 0) is 72.4 Å². The molecule has 0 amide bonds. The third kappa shape index (κ3) is 20.6. The van der Waals surface area contributed by atoms with Gasteiger partial charge in [0.05, 0.1) is 33.5 Å². The van der Waals surface area contributed by atoms with E-state index in [-0.39, 0.29) is 108 Å². The van der Waals surface area contributed by atoms with Crippen LogP contribution in [0.25, 0.3) is 0 Å². The Morgan fingerprint density at radius 3 is 1.13 bits per heavy atom. The summed E-state index contributed by atoms with van der Waals surface area (Å²) in [4.78, 5) is 83.4. The minimum absolute atomic E-state index is 0.0332. The van der Waals surface area contributed by atoms with Gasteiger partial charge in [0.15, 0.2) is 23.0 Å². The van der Waals surface area contributed by atoms with Crippen molar-refractivity contribution < 1.29 is 125 Å². The monoisotopic (exact) mass is 1330 g/mol. The van der Waals surface area contributed by atoms with Crippen LogP contribution in [0.5, 0.6) is 57.5 Å². The number of hydrogen-bond donors (Lipinski definition) is 4. The van der Waals surface area contributed by atoms with E-state index >= 15 is 0 Å². The molecule has 0 aliphatic carbocycles. The second kappa shape index (κ2) is 34.1. The van der Waals surface area contributed by atoms with Crippen molar-refractivity contribution in [1.29, 1.82) is 0 Å².